The molecule has 0 bridgehead atoms. The molecular weight excluding hydrogens is 206 g/mol. The first-order chi connectivity index (χ1) is 8.10. The zero-order valence-electron chi connectivity index (χ0n) is 11.2. The topological polar surface area (TPSA) is 12.4 Å². The summed E-state index contributed by atoms with van der Waals surface area (Å²) in [5, 5.41) is 0. The summed E-state index contributed by atoms with van der Waals surface area (Å²) in [6.45, 7) is 12.4. The summed E-state index contributed by atoms with van der Waals surface area (Å²) in [6.07, 6.45) is 4.91. The van der Waals surface area contributed by atoms with Crippen molar-refractivity contribution >= 4 is 11.9 Å². The summed E-state index contributed by atoms with van der Waals surface area (Å²) >= 11 is 0. The van der Waals surface area contributed by atoms with E-state index < -0.39 is 0 Å². The van der Waals surface area contributed by atoms with E-state index in [1.54, 1.807) is 0 Å². The van der Waals surface area contributed by atoms with E-state index in [-0.39, 0.29) is 0 Å². The van der Waals surface area contributed by atoms with Crippen LogP contribution in [0.15, 0.2) is 41.4 Å². The molecule has 1 nitrogen and oxygen atoms in total. The fourth-order valence-electron chi connectivity index (χ4n) is 1.77. The molecule has 0 aromatic heterocycles. The SMILES string of the molecule is C=C(N=C/C(C)=C\C)c1cccc(C)c1CC. The number of hydrogen-bond acceptors (Lipinski definition) is 1. The Hall–Kier alpha value is -1.63. The lowest BCUT2D eigenvalue weighted by Gasteiger charge is -2.10. The van der Waals surface area contributed by atoms with Crippen molar-refractivity contribution in [1.29, 1.82) is 0 Å². The lowest BCUT2D eigenvalue weighted by atomic mass is 9.98. The first-order valence-electron chi connectivity index (χ1n) is 6.04. The van der Waals surface area contributed by atoms with E-state index in [4.69, 9.17) is 0 Å². The molecule has 1 aromatic rings. The van der Waals surface area contributed by atoms with Gasteiger partial charge in [-0.05, 0) is 43.9 Å². The van der Waals surface area contributed by atoms with Crippen LogP contribution < -0.4 is 0 Å². The Kier molecular flexibility index (Phi) is 4.89. The number of nitrogens with zero attached hydrogens (tertiary/aromatic N) is 1. The molecule has 0 atom stereocenters. The molecule has 0 aliphatic carbocycles. The second kappa shape index (κ2) is 6.19. The van der Waals surface area contributed by atoms with Crippen LogP contribution in [0, 0.1) is 6.92 Å². The van der Waals surface area contributed by atoms with E-state index in [1.807, 2.05) is 26.1 Å². The van der Waals surface area contributed by atoms with Crippen LogP contribution in [0.4, 0.5) is 0 Å². The molecule has 0 unspecified atom stereocenters. The molecular formula is C16H21N. The van der Waals surface area contributed by atoms with Gasteiger partial charge in [-0.25, -0.2) is 0 Å². The second-order valence-corrected chi connectivity index (χ2v) is 4.19. The van der Waals surface area contributed by atoms with Crippen LogP contribution in [-0.2, 0) is 6.42 Å². The Balaban J connectivity index is 3.05. The number of benzene rings is 1. The van der Waals surface area contributed by atoms with E-state index in [1.165, 1.54) is 11.1 Å². The highest BCUT2D eigenvalue weighted by Gasteiger charge is 2.05. The molecule has 1 aromatic carbocycles. The van der Waals surface area contributed by atoms with E-state index in [0.717, 1.165) is 23.3 Å². The number of rotatable bonds is 4. The van der Waals surface area contributed by atoms with Gasteiger partial charge in [0.1, 0.15) is 0 Å². The summed E-state index contributed by atoms with van der Waals surface area (Å²) in [5.41, 5.74) is 5.80. The smallest absolute Gasteiger partial charge is 0.0633 e. The van der Waals surface area contributed by atoms with Gasteiger partial charge in [0, 0.05) is 11.8 Å². The molecule has 1 heteroatoms. The average molecular weight is 227 g/mol. The van der Waals surface area contributed by atoms with Crippen LogP contribution in [0.3, 0.4) is 0 Å². The Morgan fingerprint density at radius 1 is 1.41 bits per heavy atom. The molecule has 90 valence electrons. The number of allylic oxidation sites excluding steroid dienone is 2. The summed E-state index contributed by atoms with van der Waals surface area (Å²) in [6, 6.07) is 6.29. The summed E-state index contributed by atoms with van der Waals surface area (Å²) < 4.78 is 0. The Morgan fingerprint density at radius 2 is 2.12 bits per heavy atom. The Labute approximate surface area is 105 Å². The van der Waals surface area contributed by atoms with Crippen LogP contribution in [0.2, 0.25) is 0 Å². The minimum absolute atomic E-state index is 0.840. The normalized spacial score (nSPS) is 12.1. The van der Waals surface area contributed by atoms with Gasteiger partial charge in [-0.1, -0.05) is 37.8 Å². The molecule has 17 heavy (non-hydrogen) atoms. The highest BCUT2D eigenvalue weighted by atomic mass is 14.7. The van der Waals surface area contributed by atoms with Crippen LogP contribution in [0.5, 0.6) is 0 Å². The van der Waals surface area contributed by atoms with Gasteiger partial charge in [0.2, 0.25) is 0 Å². The van der Waals surface area contributed by atoms with Gasteiger partial charge < -0.3 is 0 Å². The molecule has 0 saturated carbocycles. The van der Waals surface area contributed by atoms with Gasteiger partial charge >= 0.3 is 0 Å². The first-order valence-corrected chi connectivity index (χ1v) is 6.04. The molecule has 0 aliphatic heterocycles. The molecule has 0 radical (unpaired) electrons. The monoisotopic (exact) mass is 227 g/mol. The second-order valence-electron chi connectivity index (χ2n) is 4.19. The molecule has 0 heterocycles. The van der Waals surface area contributed by atoms with E-state index in [9.17, 15) is 0 Å². The van der Waals surface area contributed by atoms with Crippen LogP contribution in [-0.4, -0.2) is 6.21 Å². The van der Waals surface area contributed by atoms with Crippen molar-refractivity contribution in [3.8, 4) is 0 Å². The van der Waals surface area contributed by atoms with Crippen molar-refractivity contribution in [1.82, 2.24) is 0 Å². The number of aryl methyl sites for hydroxylation is 1. The summed E-state index contributed by atoms with van der Waals surface area (Å²) in [5.74, 6) is 0. The minimum Gasteiger partial charge on any atom is -0.257 e. The fraction of sp³-hybridized carbons (Fsp3) is 0.312. The average Bonchev–Trinajstić information content (AvgIpc) is 2.35. The quantitative estimate of drug-likeness (QED) is 0.668. The third-order valence-corrected chi connectivity index (χ3v) is 2.95. The molecule has 0 saturated heterocycles. The third-order valence-electron chi connectivity index (χ3n) is 2.95. The highest BCUT2D eigenvalue weighted by molar-refractivity contribution is 5.84. The Morgan fingerprint density at radius 3 is 2.71 bits per heavy atom. The first kappa shape index (κ1) is 13.4. The Bertz CT molecular complexity index is 464. The van der Waals surface area contributed by atoms with Gasteiger partial charge in [-0.3, -0.25) is 4.99 Å². The van der Waals surface area contributed by atoms with Crippen LogP contribution in [0.1, 0.15) is 37.5 Å². The molecule has 0 N–H and O–H groups in total. The van der Waals surface area contributed by atoms with E-state index in [0.29, 0.717) is 0 Å². The van der Waals surface area contributed by atoms with Crippen LogP contribution >= 0.6 is 0 Å². The molecule has 0 amide bonds. The molecule has 0 spiro atoms. The molecule has 0 aliphatic rings. The predicted octanol–water partition coefficient (Wildman–Crippen LogP) is 4.57. The van der Waals surface area contributed by atoms with Gasteiger partial charge in [-0.2, -0.15) is 0 Å². The lowest BCUT2D eigenvalue weighted by Crippen LogP contribution is -1.94. The maximum Gasteiger partial charge on any atom is 0.0633 e. The van der Waals surface area contributed by atoms with E-state index >= 15 is 0 Å². The summed E-state index contributed by atoms with van der Waals surface area (Å²) in [7, 11) is 0. The van der Waals surface area contributed by atoms with Crippen molar-refractivity contribution in [2.75, 3.05) is 0 Å². The van der Waals surface area contributed by atoms with Gasteiger partial charge in [0.05, 0.1) is 5.70 Å². The molecule has 0 fully saturated rings. The van der Waals surface area contributed by atoms with Crippen molar-refractivity contribution in [3.63, 3.8) is 0 Å². The number of aliphatic imine (C=N–C) groups is 1. The maximum absolute atomic E-state index is 4.43. The van der Waals surface area contributed by atoms with Crippen molar-refractivity contribution < 1.29 is 0 Å². The molecule has 1 rings (SSSR count). The number of hydrogen-bond donors (Lipinski definition) is 0. The largest absolute Gasteiger partial charge is 0.257 e. The zero-order chi connectivity index (χ0) is 12.8. The minimum atomic E-state index is 0.840. The van der Waals surface area contributed by atoms with Crippen molar-refractivity contribution in [3.05, 3.63) is 53.1 Å². The van der Waals surface area contributed by atoms with E-state index in [2.05, 4.69) is 43.6 Å². The fourth-order valence-corrected chi connectivity index (χ4v) is 1.77. The third kappa shape index (κ3) is 3.42. The lowest BCUT2D eigenvalue weighted by molar-refractivity contribution is 1.10. The van der Waals surface area contributed by atoms with Crippen molar-refractivity contribution in [2.45, 2.75) is 34.1 Å². The zero-order valence-corrected chi connectivity index (χ0v) is 11.2. The van der Waals surface area contributed by atoms with Gasteiger partial charge in [0.25, 0.3) is 0 Å². The van der Waals surface area contributed by atoms with Crippen LogP contribution in [0.25, 0.3) is 5.70 Å². The van der Waals surface area contributed by atoms with Gasteiger partial charge in [0.15, 0.2) is 0 Å². The predicted molar refractivity (Wildman–Crippen MR) is 77.5 cm³/mol. The highest BCUT2D eigenvalue weighted by Crippen LogP contribution is 2.22. The van der Waals surface area contributed by atoms with Gasteiger partial charge in [-0.15, -0.1) is 0 Å². The van der Waals surface area contributed by atoms with Crippen molar-refractivity contribution in [2.24, 2.45) is 4.99 Å². The summed E-state index contributed by atoms with van der Waals surface area (Å²) in [4.78, 5) is 4.43. The standard InChI is InChI=1S/C16H21N/c1-6-12(3)11-17-14(5)16-10-8-9-13(4)15(16)7-2/h6,8-11H,5,7H2,1-4H3/b12-6-,17-11?. The maximum atomic E-state index is 4.43.